The lowest BCUT2D eigenvalue weighted by molar-refractivity contribution is 0.163. The highest BCUT2D eigenvalue weighted by molar-refractivity contribution is 5.30. The van der Waals surface area contributed by atoms with Crippen molar-refractivity contribution < 1.29 is 4.74 Å². The van der Waals surface area contributed by atoms with Gasteiger partial charge in [-0.3, -0.25) is 4.90 Å². The van der Waals surface area contributed by atoms with Crippen molar-refractivity contribution in [2.75, 3.05) is 20.2 Å². The van der Waals surface area contributed by atoms with E-state index in [9.17, 15) is 0 Å². The van der Waals surface area contributed by atoms with E-state index in [4.69, 9.17) is 10.5 Å². The predicted molar refractivity (Wildman–Crippen MR) is 74.8 cm³/mol. The molecule has 0 aliphatic carbocycles. The minimum Gasteiger partial charge on any atom is -0.494 e. The van der Waals surface area contributed by atoms with Crippen LogP contribution in [-0.4, -0.2) is 31.1 Å². The van der Waals surface area contributed by atoms with Crippen molar-refractivity contribution in [3.05, 3.63) is 29.8 Å². The van der Waals surface area contributed by atoms with Crippen LogP contribution in [0.2, 0.25) is 0 Å². The zero-order valence-corrected chi connectivity index (χ0v) is 11.4. The summed E-state index contributed by atoms with van der Waals surface area (Å²) in [6.45, 7) is 4.03. The number of nitrogens with two attached hydrogens (primary N) is 1. The van der Waals surface area contributed by atoms with Gasteiger partial charge in [0.25, 0.3) is 0 Å². The number of hydrogen-bond acceptors (Lipinski definition) is 3. The van der Waals surface area contributed by atoms with E-state index in [1.807, 2.05) is 0 Å². The van der Waals surface area contributed by atoms with Gasteiger partial charge in [-0.05, 0) is 50.6 Å². The van der Waals surface area contributed by atoms with Crippen molar-refractivity contribution in [3.63, 3.8) is 0 Å². The first-order valence-corrected chi connectivity index (χ1v) is 6.91. The Balaban J connectivity index is 2.07. The van der Waals surface area contributed by atoms with Crippen molar-refractivity contribution in [1.29, 1.82) is 0 Å². The second-order valence-corrected chi connectivity index (χ2v) is 5.15. The van der Waals surface area contributed by atoms with Gasteiger partial charge < -0.3 is 10.5 Å². The number of likely N-dealkylation sites (N-methyl/N-ethyl adjacent to an activating group) is 1. The normalized spacial score (nSPS) is 25.1. The minimum absolute atomic E-state index is 0.242. The summed E-state index contributed by atoms with van der Waals surface area (Å²) in [4.78, 5) is 2.36. The number of piperidine rings is 1. The molecular formula is C15H24N2O. The molecule has 1 heterocycles. The Bertz CT molecular complexity index is 353. The van der Waals surface area contributed by atoms with Crippen molar-refractivity contribution in [2.24, 2.45) is 5.73 Å². The number of ether oxygens (including phenoxy) is 1. The summed E-state index contributed by atoms with van der Waals surface area (Å²) in [6.07, 6.45) is 3.35. The third kappa shape index (κ3) is 3.03. The summed E-state index contributed by atoms with van der Waals surface area (Å²) in [5.74, 6) is 0.952. The molecule has 0 radical (unpaired) electrons. The van der Waals surface area contributed by atoms with Crippen LogP contribution in [0.25, 0.3) is 0 Å². The van der Waals surface area contributed by atoms with Gasteiger partial charge in [-0.15, -0.1) is 0 Å². The van der Waals surface area contributed by atoms with Gasteiger partial charge in [-0.2, -0.15) is 0 Å². The van der Waals surface area contributed by atoms with Crippen molar-refractivity contribution in [2.45, 2.75) is 38.3 Å². The molecule has 2 unspecified atom stereocenters. The molecule has 0 bridgehead atoms. The number of likely N-dealkylation sites (tertiary alicyclic amines) is 1. The van der Waals surface area contributed by atoms with Crippen molar-refractivity contribution in [3.8, 4) is 5.75 Å². The average molecular weight is 248 g/mol. The van der Waals surface area contributed by atoms with E-state index >= 15 is 0 Å². The monoisotopic (exact) mass is 248 g/mol. The van der Waals surface area contributed by atoms with Crippen LogP contribution in [0.4, 0.5) is 0 Å². The molecule has 0 amide bonds. The molecule has 2 rings (SSSR count). The molecule has 2 N–H and O–H groups in total. The maximum absolute atomic E-state index is 6.25. The summed E-state index contributed by atoms with van der Waals surface area (Å²) < 4.78 is 5.61. The summed E-state index contributed by atoms with van der Waals surface area (Å²) in [7, 11) is 2.16. The fraction of sp³-hybridized carbons (Fsp3) is 0.600. The predicted octanol–water partition coefficient (Wildman–Crippen LogP) is 2.57. The highest BCUT2D eigenvalue weighted by Gasteiger charge is 2.27. The SMILES string of the molecule is CCCOc1ccc(C2C(N)CCCN2C)cc1. The number of hydrogen-bond donors (Lipinski definition) is 1. The van der Waals surface area contributed by atoms with Gasteiger partial charge in [0.2, 0.25) is 0 Å². The van der Waals surface area contributed by atoms with Crippen LogP contribution in [0.5, 0.6) is 5.75 Å². The lowest BCUT2D eigenvalue weighted by Gasteiger charge is -2.37. The smallest absolute Gasteiger partial charge is 0.119 e. The highest BCUT2D eigenvalue weighted by Crippen LogP contribution is 2.29. The van der Waals surface area contributed by atoms with Crippen molar-refractivity contribution in [1.82, 2.24) is 4.90 Å². The molecule has 1 aromatic rings. The standard InChI is InChI=1S/C15H24N2O/c1-3-11-18-13-8-6-12(7-9-13)15-14(16)5-4-10-17(15)2/h6-9,14-15H,3-5,10-11,16H2,1-2H3. The topological polar surface area (TPSA) is 38.5 Å². The second-order valence-electron chi connectivity index (χ2n) is 5.15. The largest absolute Gasteiger partial charge is 0.494 e. The van der Waals surface area contributed by atoms with Gasteiger partial charge in [0.05, 0.1) is 6.61 Å². The van der Waals surface area contributed by atoms with Gasteiger partial charge in [0.1, 0.15) is 5.75 Å². The van der Waals surface area contributed by atoms with Crippen LogP contribution >= 0.6 is 0 Å². The molecule has 1 aliphatic rings. The molecule has 3 heteroatoms. The Morgan fingerprint density at radius 1 is 1.33 bits per heavy atom. The van der Waals surface area contributed by atoms with Crippen LogP contribution in [0.15, 0.2) is 24.3 Å². The Labute approximate surface area is 110 Å². The average Bonchev–Trinajstić information content (AvgIpc) is 2.37. The third-order valence-electron chi connectivity index (χ3n) is 3.62. The first-order valence-electron chi connectivity index (χ1n) is 6.91. The van der Waals surface area contributed by atoms with Crippen LogP contribution in [0, 0.1) is 0 Å². The van der Waals surface area contributed by atoms with E-state index in [0.717, 1.165) is 31.7 Å². The fourth-order valence-electron chi connectivity index (χ4n) is 2.68. The van der Waals surface area contributed by atoms with Crippen LogP contribution in [-0.2, 0) is 0 Å². The maximum atomic E-state index is 6.25. The lowest BCUT2D eigenvalue weighted by atomic mass is 9.91. The quantitative estimate of drug-likeness (QED) is 0.890. The van der Waals surface area contributed by atoms with E-state index in [1.54, 1.807) is 0 Å². The third-order valence-corrected chi connectivity index (χ3v) is 3.62. The van der Waals surface area contributed by atoms with Gasteiger partial charge in [-0.25, -0.2) is 0 Å². The molecule has 100 valence electrons. The van der Waals surface area contributed by atoms with Crippen LogP contribution < -0.4 is 10.5 Å². The number of rotatable bonds is 4. The molecule has 1 fully saturated rings. The maximum Gasteiger partial charge on any atom is 0.119 e. The second kappa shape index (κ2) is 6.21. The van der Waals surface area contributed by atoms with E-state index in [0.29, 0.717) is 6.04 Å². The summed E-state index contributed by atoms with van der Waals surface area (Å²) >= 11 is 0. The Kier molecular flexibility index (Phi) is 4.61. The fourth-order valence-corrected chi connectivity index (χ4v) is 2.68. The summed E-state index contributed by atoms with van der Waals surface area (Å²) in [5, 5.41) is 0. The first kappa shape index (κ1) is 13.4. The van der Waals surface area contributed by atoms with Gasteiger partial charge in [-0.1, -0.05) is 19.1 Å². The van der Waals surface area contributed by atoms with E-state index < -0.39 is 0 Å². The molecule has 3 nitrogen and oxygen atoms in total. The lowest BCUT2D eigenvalue weighted by Crippen LogP contribution is -2.43. The molecule has 1 saturated heterocycles. The van der Waals surface area contributed by atoms with Gasteiger partial charge in [0, 0.05) is 12.1 Å². The summed E-state index contributed by atoms with van der Waals surface area (Å²) in [5.41, 5.74) is 7.55. The zero-order chi connectivity index (χ0) is 13.0. The van der Waals surface area contributed by atoms with E-state index in [-0.39, 0.29) is 6.04 Å². The van der Waals surface area contributed by atoms with Gasteiger partial charge >= 0.3 is 0 Å². The van der Waals surface area contributed by atoms with Crippen molar-refractivity contribution >= 4 is 0 Å². The minimum atomic E-state index is 0.242. The van der Waals surface area contributed by atoms with Gasteiger partial charge in [0.15, 0.2) is 0 Å². The molecule has 1 aliphatic heterocycles. The van der Waals surface area contributed by atoms with Crippen LogP contribution in [0.3, 0.4) is 0 Å². The van der Waals surface area contributed by atoms with E-state index in [2.05, 4.69) is 43.1 Å². The van der Waals surface area contributed by atoms with Crippen LogP contribution in [0.1, 0.15) is 37.8 Å². The Morgan fingerprint density at radius 3 is 2.67 bits per heavy atom. The summed E-state index contributed by atoms with van der Waals surface area (Å²) in [6, 6.07) is 9.00. The molecule has 18 heavy (non-hydrogen) atoms. The molecule has 0 aromatic heterocycles. The number of benzene rings is 1. The Morgan fingerprint density at radius 2 is 2.06 bits per heavy atom. The van der Waals surface area contributed by atoms with E-state index in [1.165, 1.54) is 12.0 Å². The molecule has 0 spiro atoms. The Hall–Kier alpha value is -1.06. The molecule has 1 aromatic carbocycles. The molecule has 2 atom stereocenters. The molecular weight excluding hydrogens is 224 g/mol. The molecule has 0 saturated carbocycles. The number of nitrogens with zero attached hydrogens (tertiary/aromatic N) is 1. The first-order chi connectivity index (χ1) is 8.72. The zero-order valence-electron chi connectivity index (χ0n) is 11.4. The highest BCUT2D eigenvalue weighted by atomic mass is 16.5.